The fraction of sp³-hybridized carbons (Fsp3) is 0.556. The first-order chi connectivity index (χ1) is 13.2. The number of carbonyl (C=O) groups is 1. The second-order valence-corrected chi connectivity index (χ2v) is 7.01. The number of methoxy groups -OCH3 is 2. The molecule has 0 atom stereocenters. The molecule has 4 rings (SSSR count). The Morgan fingerprint density at radius 2 is 2.07 bits per heavy atom. The number of nitrogens with zero attached hydrogens (tertiary/aromatic N) is 4. The van der Waals surface area contributed by atoms with E-state index in [9.17, 15) is 4.79 Å². The van der Waals surface area contributed by atoms with E-state index < -0.39 is 5.60 Å². The summed E-state index contributed by atoms with van der Waals surface area (Å²) in [4.78, 5) is 12.9. The van der Waals surface area contributed by atoms with Crippen molar-refractivity contribution < 1.29 is 14.3 Å². The predicted octanol–water partition coefficient (Wildman–Crippen LogP) is 1.26. The number of nitrogens with one attached hydrogen (secondary N) is 2. The topological polar surface area (TPSA) is 103 Å². The van der Waals surface area contributed by atoms with Crippen LogP contribution in [0.5, 0.6) is 5.75 Å². The van der Waals surface area contributed by atoms with Crippen molar-refractivity contribution in [2.24, 2.45) is 0 Å². The third kappa shape index (κ3) is 3.40. The normalized spacial score (nSPS) is 18.9. The summed E-state index contributed by atoms with van der Waals surface area (Å²) in [5.74, 6) is 1.71. The standard InChI is InChI=1S/C18H24N6O3/c1-26-15-6-5-13(20-17(25)18(27-2)7-9-19-10-8-18)11-14(15)24-16(12-3-4-12)21-22-23-24/h5-6,11-12,19H,3-4,7-10H2,1-2H3,(H,20,25). The van der Waals surface area contributed by atoms with Crippen LogP contribution in [0.4, 0.5) is 5.69 Å². The molecule has 1 aliphatic heterocycles. The van der Waals surface area contributed by atoms with Gasteiger partial charge < -0.3 is 20.1 Å². The molecule has 1 amide bonds. The van der Waals surface area contributed by atoms with Gasteiger partial charge in [-0.15, -0.1) is 5.10 Å². The molecule has 144 valence electrons. The highest BCUT2D eigenvalue weighted by Gasteiger charge is 2.39. The molecule has 2 N–H and O–H groups in total. The number of anilines is 1. The van der Waals surface area contributed by atoms with E-state index in [1.165, 1.54) is 0 Å². The summed E-state index contributed by atoms with van der Waals surface area (Å²) in [5.41, 5.74) is 0.557. The molecule has 9 nitrogen and oxygen atoms in total. The van der Waals surface area contributed by atoms with Crippen LogP contribution in [0.2, 0.25) is 0 Å². The molecule has 0 radical (unpaired) electrons. The molecule has 0 bridgehead atoms. The molecule has 2 aliphatic rings. The number of hydrogen-bond acceptors (Lipinski definition) is 7. The summed E-state index contributed by atoms with van der Waals surface area (Å²) < 4.78 is 12.8. The smallest absolute Gasteiger partial charge is 0.256 e. The zero-order valence-corrected chi connectivity index (χ0v) is 15.6. The number of hydrogen-bond donors (Lipinski definition) is 2. The van der Waals surface area contributed by atoms with Crippen molar-refractivity contribution in [2.75, 3.05) is 32.6 Å². The van der Waals surface area contributed by atoms with Crippen molar-refractivity contribution in [2.45, 2.75) is 37.2 Å². The minimum Gasteiger partial charge on any atom is -0.494 e. The Labute approximate surface area is 157 Å². The van der Waals surface area contributed by atoms with Gasteiger partial charge in [0.2, 0.25) is 0 Å². The van der Waals surface area contributed by atoms with E-state index in [1.807, 2.05) is 18.2 Å². The number of piperidine rings is 1. The Hall–Kier alpha value is -2.52. The van der Waals surface area contributed by atoms with Crippen LogP contribution < -0.4 is 15.4 Å². The molecular formula is C18H24N6O3. The van der Waals surface area contributed by atoms with E-state index in [4.69, 9.17) is 9.47 Å². The van der Waals surface area contributed by atoms with E-state index in [0.717, 1.165) is 31.8 Å². The summed E-state index contributed by atoms with van der Waals surface area (Å²) in [6, 6.07) is 5.46. The van der Waals surface area contributed by atoms with E-state index in [2.05, 4.69) is 26.2 Å². The van der Waals surface area contributed by atoms with Crippen LogP contribution in [0.25, 0.3) is 5.69 Å². The number of tetrazole rings is 1. The SMILES string of the molecule is COc1ccc(NC(=O)C2(OC)CCNCC2)cc1-n1nnnc1C1CC1. The van der Waals surface area contributed by atoms with Gasteiger partial charge in [0.05, 0.1) is 7.11 Å². The maximum Gasteiger partial charge on any atom is 0.256 e. The lowest BCUT2D eigenvalue weighted by Gasteiger charge is -2.34. The lowest BCUT2D eigenvalue weighted by molar-refractivity contribution is -0.140. The molecule has 2 aromatic rings. The van der Waals surface area contributed by atoms with Crippen molar-refractivity contribution in [3.63, 3.8) is 0 Å². The molecular weight excluding hydrogens is 348 g/mol. The van der Waals surface area contributed by atoms with E-state index >= 15 is 0 Å². The lowest BCUT2D eigenvalue weighted by atomic mass is 9.91. The number of benzene rings is 1. The summed E-state index contributed by atoms with van der Waals surface area (Å²) in [6.45, 7) is 1.51. The molecule has 1 aromatic carbocycles. The highest BCUT2D eigenvalue weighted by atomic mass is 16.5. The number of amides is 1. The number of aromatic nitrogens is 4. The van der Waals surface area contributed by atoms with Gasteiger partial charge in [-0.3, -0.25) is 4.79 Å². The van der Waals surface area contributed by atoms with Gasteiger partial charge in [-0.25, -0.2) is 0 Å². The summed E-state index contributed by atoms with van der Waals surface area (Å²) in [6.07, 6.45) is 3.45. The van der Waals surface area contributed by atoms with Crippen molar-refractivity contribution in [1.29, 1.82) is 0 Å². The molecule has 9 heteroatoms. The zero-order valence-electron chi connectivity index (χ0n) is 15.6. The Balaban J connectivity index is 1.62. The molecule has 0 spiro atoms. The maximum absolute atomic E-state index is 12.9. The van der Waals surface area contributed by atoms with Gasteiger partial charge in [0, 0.05) is 18.7 Å². The number of ether oxygens (including phenoxy) is 2. The molecule has 2 heterocycles. The minimum absolute atomic E-state index is 0.137. The van der Waals surface area contributed by atoms with Crippen molar-refractivity contribution in [1.82, 2.24) is 25.5 Å². The third-order valence-electron chi connectivity index (χ3n) is 5.32. The summed E-state index contributed by atoms with van der Waals surface area (Å²) in [5, 5.41) is 18.3. The van der Waals surface area contributed by atoms with Gasteiger partial charge in [-0.05, 0) is 67.4 Å². The van der Waals surface area contributed by atoms with Crippen LogP contribution in [0, 0.1) is 0 Å². The van der Waals surface area contributed by atoms with Gasteiger partial charge in [-0.1, -0.05) is 0 Å². The molecule has 0 unspecified atom stereocenters. The fourth-order valence-corrected chi connectivity index (χ4v) is 3.49. The monoisotopic (exact) mass is 372 g/mol. The van der Waals surface area contributed by atoms with Gasteiger partial charge in [0.15, 0.2) is 5.82 Å². The molecule has 1 aliphatic carbocycles. The Morgan fingerprint density at radius 1 is 1.30 bits per heavy atom. The van der Waals surface area contributed by atoms with Crippen molar-refractivity contribution in [3.8, 4) is 11.4 Å². The molecule has 1 aromatic heterocycles. The Kier molecular flexibility index (Phi) is 4.79. The van der Waals surface area contributed by atoms with Crippen LogP contribution in [0.15, 0.2) is 18.2 Å². The first kappa shape index (κ1) is 17.9. The Morgan fingerprint density at radius 3 is 2.74 bits per heavy atom. The van der Waals surface area contributed by atoms with E-state index in [-0.39, 0.29) is 5.91 Å². The second kappa shape index (κ2) is 7.24. The van der Waals surface area contributed by atoms with E-state index in [0.29, 0.717) is 35.9 Å². The first-order valence-electron chi connectivity index (χ1n) is 9.21. The zero-order chi connectivity index (χ0) is 18.9. The van der Waals surface area contributed by atoms with Gasteiger partial charge in [0.25, 0.3) is 5.91 Å². The van der Waals surface area contributed by atoms with Crippen molar-refractivity contribution >= 4 is 11.6 Å². The van der Waals surface area contributed by atoms with Crippen LogP contribution in [0.1, 0.15) is 37.4 Å². The Bertz CT molecular complexity index is 826. The molecule has 1 saturated carbocycles. The first-order valence-corrected chi connectivity index (χ1v) is 9.21. The van der Waals surface area contributed by atoms with Crippen LogP contribution in [0.3, 0.4) is 0 Å². The number of carbonyl (C=O) groups excluding carboxylic acids is 1. The highest BCUT2D eigenvalue weighted by molar-refractivity contribution is 5.97. The fourth-order valence-electron chi connectivity index (χ4n) is 3.49. The third-order valence-corrected chi connectivity index (χ3v) is 5.32. The average molecular weight is 372 g/mol. The number of rotatable bonds is 6. The average Bonchev–Trinajstić information content (AvgIpc) is 3.44. The molecule has 1 saturated heterocycles. The van der Waals surface area contributed by atoms with Gasteiger partial charge in [-0.2, -0.15) is 4.68 Å². The largest absolute Gasteiger partial charge is 0.494 e. The van der Waals surface area contributed by atoms with Crippen LogP contribution in [-0.2, 0) is 9.53 Å². The van der Waals surface area contributed by atoms with Crippen LogP contribution >= 0.6 is 0 Å². The molecule has 27 heavy (non-hydrogen) atoms. The summed E-state index contributed by atoms with van der Waals surface area (Å²) in [7, 11) is 3.19. The quantitative estimate of drug-likeness (QED) is 0.787. The van der Waals surface area contributed by atoms with E-state index in [1.54, 1.807) is 18.9 Å². The van der Waals surface area contributed by atoms with Crippen LogP contribution in [-0.4, -0.2) is 59.0 Å². The maximum atomic E-state index is 12.9. The van der Waals surface area contributed by atoms with Gasteiger partial charge >= 0.3 is 0 Å². The summed E-state index contributed by atoms with van der Waals surface area (Å²) >= 11 is 0. The lowest BCUT2D eigenvalue weighted by Crippen LogP contribution is -2.51. The predicted molar refractivity (Wildman–Crippen MR) is 98.2 cm³/mol. The van der Waals surface area contributed by atoms with Crippen molar-refractivity contribution in [3.05, 3.63) is 24.0 Å². The molecule has 2 fully saturated rings. The van der Waals surface area contributed by atoms with Gasteiger partial charge in [0.1, 0.15) is 17.0 Å². The highest BCUT2D eigenvalue weighted by Crippen LogP contribution is 2.40. The minimum atomic E-state index is -0.806. The second-order valence-electron chi connectivity index (χ2n) is 7.01.